The van der Waals surface area contributed by atoms with Crippen molar-refractivity contribution in [1.29, 1.82) is 0 Å². The fourth-order valence-corrected chi connectivity index (χ4v) is 2.89. The Morgan fingerprint density at radius 3 is 2.93 bits per heavy atom. The lowest BCUT2D eigenvalue weighted by Gasteiger charge is -2.05. The first-order valence-electron chi connectivity index (χ1n) is 5.40. The van der Waals surface area contributed by atoms with Crippen LogP contribution in [0.4, 0.5) is 0 Å². The van der Waals surface area contributed by atoms with E-state index in [0.717, 1.165) is 17.7 Å². The number of hydrogen-bond acceptors (Lipinski definition) is 3. The number of Topliss-reactive ketones (excluding diaryl/α,β-unsaturated/α-hetero) is 1. The van der Waals surface area contributed by atoms with Crippen LogP contribution in [0.3, 0.4) is 0 Å². The molecule has 0 aromatic carbocycles. The summed E-state index contributed by atoms with van der Waals surface area (Å²) in [5.74, 6) is 1.37. The Balaban J connectivity index is 1.80. The zero-order valence-electron chi connectivity index (χ0n) is 8.98. The molecule has 1 fully saturated rings. The van der Waals surface area contributed by atoms with Crippen molar-refractivity contribution in [3.05, 3.63) is 12.4 Å². The van der Waals surface area contributed by atoms with Gasteiger partial charge in [-0.15, -0.1) is 11.8 Å². The molecule has 0 atom stereocenters. The monoisotopic (exact) mass is 224 g/mol. The third kappa shape index (κ3) is 2.84. The molecule has 0 aliphatic heterocycles. The topological polar surface area (TPSA) is 34.9 Å². The quantitative estimate of drug-likeness (QED) is 0.736. The van der Waals surface area contributed by atoms with Crippen LogP contribution >= 0.6 is 11.8 Å². The Morgan fingerprint density at radius 1 is 1.60 bits per heavy atom. The Kier molecular flexibility index (Phi) is 3.46. The minimum Gasteiger partial charge on any atom is -0.298 e. The van der Waals surface area contributed by atoms with Crippen molar-refractivity contribution in [1.82, 2.24) is 9.78 Å². The first-order valence-corrected chi connectivity index (χ1v) is 6.38. The Labute approximate surface area is 94.2 Å². The lowest BCUT2D eigenvalue weighted by molar-refractivity contribution is -0.120. The van der Waals surface area contributed by atoms with Gasteiger partial charge in [0.25, 0.3) is 0 Å². The smallest absolute Gasteiger partial charge is 0.146 e. The number of rotatable bonds is 4. The number of carbonyl (C=O) groups is 1. The third-order valence-corrected chi connectivity index (χ3v) is 3.85. The maximum Gasteiger partial charge on any atom is 0.146 e. The van der Waals surface area contributed by atoms with Crippen molar-refractivity contribution in [3.63, 3.8) is 0 Å². The number of carbonyl (C=O) groups excluding carboxylic acids is 1. The van der Waals surface area contributed by atoms with Gasteiger partial charge in [-0.2, -0.15) is 5.10 Å². The molecule has 82 valence electrons. The van der Waals surface area contributed by atoms with E-state index in [-0.39, 0.29) is 0 Å². The van der Waals surface area contributed by atoms with Crippen molar-refractivity contribution in [2.45, 2.75) is 30.6 Å². The van der Waals surface area contributed by atoms with Crippen molar-refractivity contribution < 1.29 is 4.79 Å². The molecule has 1 saturated carbocycles. The number of ketones is 1. The molecule has 0 N–H and O–H groups in total. The molecular weight excluding hydrogens is 208 g/mol. The molecule has 0 unspecified atom stereocenters. The second-order valence-corrected chi connectivity index (χ2v) is 5.13. The van der Waals surface area contributed by atoms with Crippen LogP contribution in [0.25, 0.3) is 0 Å². The van der Waals surface area contributed by atoms with Gasteiger partial charge in [-0.3, -0.25) is 9.48 Å². The fourth-order valence-electron chi connectivity index (χ4n) is 1.99. The van der Waals surface area contributed by atoms with Gasteiger partial charge in [0, 0.05) is 24.1 Å². The molecule has 0 amide bonds. The number of aromatic nitrogens is 2. The van der Waals surface area contributed by atoms with E-state index in [1.54, 1.807) is 16.4 Å². The van der Waals surface area contributed by atoms with Crippen molar-refractivity contribution >= 4 is 17.5 Å². The summed E-state index contributed by atoms with van der Waals surface area (Å²) in [6.07, 6.45) is 8.43. The van der Waals surface area contributed by atoms with Gasteiger partial charge in [0.15, 0.2) is 0 Å². The maximum atomic E-state index is 11.8. The number of aryl methyl sites for hydroxylation is 1. The highest BCUT2D eigenvalue weighted by Crippen LogP contribution is 2.27. The van der Waals surface area contributed by atoms with Crippen LogP contribution in [0.2, 0.25) is 0 Å². The molecule has 1 heterocycles. The Bertz CT molecular complexity index is 342. The first kappa shape index (κ1) is 10.7. The van der Waals surface area contributed by atoms with Gasteiger partial charge in [0.1, 0.15) is 5.78 Å². The molecule has 2 rings (SSSR count). The summed E-state index contributed by atoms with van der Waals surface area (Å²) in [4.78, 5) is 12.9. The van der Waals surface area contributed by atoms with Crippen LogP contribution in [-0.4, -0.2) is 21.3 Å². The van der Waals surface area contributed by atoms with Crippen LogP contribution in [0, 0.1) is 5.92 Å². The average molecular weight is 224 g/mol. The lowest BCUT2D eigenvalue weighted by atomic mass is 10.0. The zero-order chi connectivity index (χ0) is 10.7. The second kappa shape index (κ2) is 4.84. The number of hydrogen-bond donors (Lipinski definition) is 0. The van der Waals surface area contributed by atoms with Gasteiger partial charge >= 0.3 is 0 Å². The fraction of sp³-hybridized carbons (Fsp3) is 0.636. The van der Waals surface area contributed by atoms with Crippen LogP contribution in [-0.2, 0) is 11.8 Å². The van der Waals surface area contributed by atoms with Crippen LogP contribution in [0.15, 0.2) is 17.3 Å². The normalized spacial score (nSPS) is 17.1. The van der Waals surface area contributed by atoms with E-state index in [1.807, 2.05) is 19.4 Å². The average Bonchev–Trinajstić information content (AvgIpc) is 2.84. The molecule has 1 aliphatic carbocycles. The summed E-state index contributed by atoms with van der Waals surface area (Å²) in [5.41, 5.74) is 0. The van der Waals surface area contributed by atoms with E-state index in [1.165, 1.54) is 12.8 Å². The molecule has 0 spiro atoms. The Morgan fingerprint density at radius 2 is 2.33 bits per heavy atom. The second-order valence-electron chi connectivity index (χ2n) is 4.09. The number of nitrogens with zero attached hydrogens (tertiary/aromatic N) is 2. The van der Waals surface area contributed by atoms with Gasteiger partial charge in [-0.1, -0.05) is 12.8 Å². The van der Waals surface area contributed by atoms with Gasteiger partial charge in [-0.25, -0.2) is 0 Å². The molecule has 3 nitrogen and oxygen atoms in total. The van der Waals surface area contributed by atoms with Gasteiger partial charge in [0.05, 0.1) is 11.9 Å². The predicted molar refractivity (Wildman–Crippen MR) is 60.9 cm³/mol. The predicted octanol–water partition coefficient (Wildman–Crippen LogP) is 2.27. The third-order valence-electron chi connectivity index (χ3n) is 2.87. The molecule has 1 aromatic heterocycles. The van der Waals surface area contributed by atoms with Crippen molar-refractivity contribution in [2.75, 3.05) is 5.75 Å². The summed E-state index contributed by atoms with van der Waals surface area (Å²) in [6.45, 7) is 0. The van der Waals surface area contributed by atoms with E-state index < -0.39 is 0 Å². The molecule has 0 bridgehead atoms. The van der Waals surface area contributed by atoms with Gasteiger partial charge in [0.2, 0.25) is 0 Å². The van der Waals surface area contributed by atoms with E-state index in [9.17, 15) is 4.79 Å². The lowest BCUT2D eigenvalue weighted by Crippen LogP contribution is -2.12. The molecule has 1 aromatic rings. The molecule has 15 heavy (non-hydrogen) atoms. The van der Waals surface area contributed by atoms with E-state index >= 15 is 0 Å². The SMILES string of the molecule is Cn1cc(SCC(=O)C2CCCC2)cn1. The molecular formula is C11H16N2OS. The molecule has 0 saturated heterocycles. The molecule has 4 heteroatoms. The summed E-state index contributed by atoms with van der Waals surface area (Å²) < 4.78 is 1.77. The summed E-state index contributed by atoms with van der Waals surface area (Å²) in [6, 6.07) is 0. The first-order chi connectivity index (χ1) is 7.25. The van der Waals surface area contributed by atoms with E-state index in [4.69, 9.17) is 0 Å². The minimum absolute atomic E-state index is 0.342. The van der Waals surface area contributed by atoms with Gasteiger partial charge in [-0.05, 0) is 12.8 Å². The molecule has 0 radical (unpaired) electrons. The van der Waals surface area contributed by atoms with Crippen LogP contribution < -0.4 is 0 Å². The highest BCUT2D eigenvalue weighted by atomic mass is 32.2. The van der Waals surface area contributed by atoms with Crippen molar-refractivity contribution in [2.24, 2.45) is 13.0 Å². The molecule has 1 aliphatic rings. The largest absolute Gasteiger partial charge is 0.298 e. The summed E-state index contributed by atoms with van der Waals surface area (Å²) >= 11 is 1.60. The highest BCUT2D eigenvalue weighted by molar-refractivity contribution is 8.00. The van der Waals surface area contributed by atoms with Crippen LogP contribution in [0.5, 0.6) is 0 Å². The number of thioether (sulfide) groups is 1. The zero-order valence-corrected chi connectivity index (χ0v) is 9.80. The van der Waals surface area contributed by atoms with Crippen molar-refractivity contribution in [3.8, 4) is 0 Å². The summed E-state index contributed by atoms with van der Waals surface area (Å²) in [5, 5.41) is 4.08. The standard InChI is InChI=1S/C11H16N2OS/c1-13-7-10(6-12-13)15-8-11(14)9-4-2-3-5-9/h6-7,9H,2-5,8H2,1H3. The summed E-state index contributed by atoms with van der Waals surface area (Å²) in [7, 11) is 1.89. The highest BCUT2D eigenvalue weighted by Gasteiger charge is 2.22. The maximum absolute atomic E-state index is 11.8. The van der Waals surface area contributed by atoms with E-state index in [2.05, 4.69) is 5.10 Å². The van der Waals surface area contributed by atoms with Crippen LogP contribution in [0.1, 0.15) is 25.7 Å². The van der Waals surface area contributed by atoms with Gasteiger partial charge < -0.3 is 0 Å². The van der Waals surface area contributed by atoms with E-state index in [0.29, 0.717) is 17.5 Å². The minimum atomic E-state index is 0.342. The Hall–Kier alpha value is -0.770.